The van der Waals surface area contributed by atoms with Crippen molar-refractivity contribution in [1.29, 1.82) is 0 Å². The van der Waals surface area contributed by atoms with E-state index in [-0.39, 0.29) is 11.8 Å². The summed E-state index contributed by atoms with van der Waals surface area (Å²) in [5, 5.41) is 2.82. The molecule has 102 valence electrons. The summed E-state index contributed by atoms with van der Waals surface area (Å²) in [6, 6.07) is 8.49. The summed E-state index contributed by atoms with van der Waals surface area (Å²) in [5.41, 5.74) is 0.781. The first-order chi connectivity index (χ1) is 9.00. The van der Waals surface area contributed by atoms with E-state index in [0.29, 0.717) is 12.3 Å². The predicted molar refractivity (Wildman–Crippen MR) is 74.8 cm³/mol. The number of piperazine rings is 1. The molecular formula is C15H20N2O2. The van der Waals surface area contributed by atoms with Crippen molar-refractivity contribution in [3.8, 4) is 0 Å². The number of rotatable bonds is 3. The first-order valence-electron chi connectivity index (χ1n) is 6.69. The van der Waals surface area contributed by atoms with E-state index in [1.54, 1.807) is 11.8 Å². The molecule has 2 amide bonds. The van der Waals surface area contributed by atoms with Gasteiger partial charge in [0, 0.05) is 5.69 Å². The van der Waals surface area contributed by atoms with Crippen LogP contribution in [0.15, 0.2) is 30.3 Å². The Labute approximate surface area is 113 Å². The Bertz CT molecular complexity index is 470. The highest BCUT2D eigenvalue weighted by atomic mass is 16.2. The van der Waals surface area contributed by atoms with Gasteiger partial charge in [-0.15, -0.1) is 0 Å². The molecule has 0 spiro atoms. The SMILES string of the molecule is CC(C)CC1NC(=O)C(C)N(c2ccccc2)C1=O. The van der Waals surface area contributed by atoms with E-state index in [0.717, 1.165) is 5.69 Å². The van der Waals surface area contributed by atoms with E-state index in [1.165, 1.54) is 0 Å². The average Bonchev–Trinajstić information content (AvgIpc) is 2.37. The van der Waals surface area contributed by atoms with Crippen LogP contribution in [0.3, 0.4) is 0 Å². The molecule has 0 aliphatic carbocycles. The van der Waals surface area contributed by atoms with E-state index >= 15 is 0 Å². The van der Waals surface area contributed by atoms with E-state index in [4.69, 9.17) is 0 Å². The lowest BCUT2D eigenvalue weighted by Gasteiger charge is -2.37. The summed E-state index contributed by atoms with van der Waals surface area (Å²) in [5.74, 6) is 0.251. The molecule has 1 saturated heterocycles. The van der Waals surface area contributed by atoms with Gasteiger partial charge in [0.15, 0.2) is 0 Å². The maximum Gasteiger partial charge on any atom is 0.250 e. The van der Waals surface area contributed by atoms with Gasteiger partial charge in [0.1, 0.15) is 12.1 Å². The highest BCUT2D eigenvalue weighted by Crippen LogP contribution is 2.22. The third kappa shape index (κ3) is 2.78. The summed E-state index contributed by atoms with van der Waals surface area (Å²) < 4.78 is 0. The lowest BCUT2D eigenvalue weighted by atomic mass is 9.98. The van der Waals surface area contributed by atoms with Crippen LogP contribution in [0, 0.1) is 5.92 Å². The second-order valence-corrected chi connectivity index (χ2v) is 5.41. The molecule has 0 saturated carbocycles. The Balaban J connectivity index is 2.29. The number of hydrogen-bond donors (Lipinski definition) is 1. The Kier molecular flexibility index (Phi) is 3.88. The minimum absolute atomic E-state index is 0.0213. The molecule has 4 heteroatoms. The van der Waals surface area contributed by atoms with Crippen molar-refractivity contribution >= 4 is 17.5 Å². The standard InChI is InChI=1S/C15H20N2O2/c1-10(2)9-13-15(19)17(11(3)14(18)16-13)12-7-5-4-6-8-12/h4-8,10-11,13H,9H2,1-3H3,(H,16,18). The normalized spacial score (nSPS) is 23.7. The quantitative estimate of drug-likeness (QED) is 0.903. The van der Waals surface area contributed by atoms with Crippen LogP contribution in [-0.2, 0) is 9.59 Å². The van der Waals surface area contributed by atoms with Gasteiger partial charge in [0.05, 0.1) is 0 Å². The largest absolute Gasteiger partial charge is 0.342 e. The summed E-state index contributed by atoms with van der Waals surface area (Å²) in [4.78, 5) is 26.1. The fourth-order valence-electron chi connectivity index (χ4n) is 2.40. The van der Waals surface area contributed by atoms with Crippen molar-refractivity contribution in [1.82, 2.24) is 5.32 Å². The van der Waals surface area contributed by atoms with Gasteiger partial charge in [-0.1, -0.05) is 32.0 Å². The number of anilines is 1. The lowest BCUT2D eigenvalue weighted by Crippen LogP contribution is -2.63. The Morgan fingerprint density at radius 3 is 2.42 bits per heavy atom. The highest BCUT2D eigenvalue weighted by molar-refractivity contribution is 6.08. The number of amides is 2. The number of carbonyl (C=O) groups is 2. The van der Waals surface area contributed by atoms with Gasteiger partial charge in [0.25, 0.3) is 0 Å². The molecule has 1 fully saturated rings. The first kappa shape index (κ1) is 13.6. The number of nitrogens with zero attached hydrogens (tertiary/aromatic N) is 1. The van der Waals surface area contributed by atoms with Crippen LogP contribution in [0.5, 0.6) is 0 Å². The lowest BCUT2D eigenvalue weighted by molar-refractivity contribution is -0.133. The Morgan fingerprint density at radius 2 is 1.84 bits per heavy atom. The minimum atomic E-state index is -0.460. The van der Waals surface area contributed by atoms with Crippen LogP contribution in [0.2, 0.25) is 0 Å². The summed E-state index contributed by atoms with van der Waals surface area (Å²) >= 11 is 0. The molecule has 19 heavy (non-hydrogen) atoms. The van der Waals surface area contributed by atoms with Crippen LogP contribution in [-0.4, -0.2) is 23.9 Å². The second kappa shape index (κ2) is 5.43. The zero-order valence-corrected chi connectivity index (χ0v) is 11.6. The zero-order chi connectivity index (χ0) is 14.0. The van der Waals surface area contributed by atoms with E-state index in [9.17, 15) is 9.59 Å². The number of carbonyl (C=O) groups excluding carboxylic acids is 2. The summed E-state index contributed by atoms with van der Waals surface area (Å²) in [6.45, 7) is 5.85. The van der Waals surface area contributed by atoms with Crippen LogP contribution in [0.25, 0.3) is 0 Å². The molecule has 4 nitrogen and oxygen atoms in total. The van der Waals surface area contributed by atoms with Crippen LogP contribution in [0.4, 0.5) is 5.69 Å². The summed E-state index contributed by atoms with van der Waals surface area (Å²) in [7, 11) is 0. The van der Waals surface area contributed by atoms with E-state index < -0.39 is 12.1 Å². The Hall–Kier alpha value is -1.84. The topological polar surface area (TPSA) is 49.4 Å². The number of para-hydroxylation sites is 1. The molecule has 2 atom stereocenters. The fraction of sp³-hybridized carbons (Fsp3) is 0.467. The van der Waals surface area contributed by atoms with Crippen LogP contribution < -0.4 is 10.2 Å². The molecular weight excluding hydrogens is 240 g/mol. The third-order valence-electron chi connectivity index (χ3n) is 3.36. The second-order valence-electron chi connectivity index (χ2n) is 5.41. The molecule has 1 heterocycles. The third-order valence-corrected chi connectivity index (χ3v) is 3.36. The summed E-state index contributed by atoms with van der Waals surface area (Å²) in [6.07, 6.45) is 0.667. The van der Waals surface area contributed by atoms with Crippen molar-refractivity contribution in [2.75, 3.05) is 4.90 Å². The van der Waals surface area contributed by atoms with Gasteiger partial charge in [-0.25, -0.2) is 0 Å². The monoisotopic (exact) mass is 260 g/mol. The molecule has 1 aliphatic heterocycles. The highest BCUT2D eigenvalue weighted by Gasteiger charge is 2.38. The van der Waals surface area contributed by atoms with Gasteiger partial charge >= 0.3 is 0 Å². The zero-order valence-electron chi connectivity index (χ0n) is 11.6. The molecule has 0 aromatic heterocycles. The van der Waals surface area contributed by atoms with Gasteiger partial charge in [-0.05, 0) is 31.4 Å². The van der Waals surface area contributed by atoms with Crippen molar-refractivity contribution in [3.05, 3.63) is 30.3 Å². The van der Waals surface area contributed by atoms with Crippen molar-refractivity contribution in [3.63, 3.8) is 0 Å². The van der Waals surface area contributed by atoms with E-state index in [2.05, 4.69) is 5.32 Å². The number of nitrogens with one attached hydrogen (secondary N) is 1. The molecule has 0 radical (unpaired) electrons. The van der Waals surface area contributed by atoms with Crippen molar-refractivity contribution < 1.29 is 9.59 Å². The van der Waals surface area contributed by atoms with Crippen molar-refractivity contribution in [2.45, 2.75) is 39.3 Å². The van der Waals surface area contributed by atoms with Crippen LogP contribution in [0.1, 0.15) is 27.2 Å². The van der Waals surface area contributed by atoms with Crippen molar-refractivity contribution in [2.24, 2.45) is 5.92 Å². The first-order valence-corrected chi connectivity index (χ1v) is 6.69. The van der Waals surface area contributed by atoms with E-state index in [1.807, 2.05) is 44.2 Å². The maximum atomic E-state index is 12.5. The molecule has 1 aromatic carbocycles. The molecule has 1 aliphatic rings. The van der Waals surface area contributed by atoms with Gasteiger partial charge in [-0.3, -0.25) is 14.5 Å². The van der Waals surface area contributed by atoms with Gasteiger partial charge in [-0.2, -0.15) is 0 Å². The Morgan fingerprint density at radius 1 is 1.21 bits per heavy atom. The fourth-order valence-corrected chi connectivity index (χ4v) is 2.40. The predicted octanol–water partition coefficient (Wildman–Crippen LogP) is 1.95. The molecule has 1 N–H and O–H groups in total. The number of hydrogen-bond acceptors (Lipinski definition) is 2. The van der Waals surface area contributed by atoms with Crippen LogP contribution >= 0.6 is 0 Å². The smallest absolute Gasteiger partial charge is 0.250 e. The van der Waals surface area contributed by atoms with Gasteiger partial charge < -0.3 is 5.32 Å². The maximum absolute atomic E-state index is 12.5. The van der Waals surface area contributed by atoms with Gasteiger partial charge in [0.2, 0.25) is 11.8 Å². The number of benzene rings is 1. The molecule has 2 rings (SSSR count). The molecule has 2 unspecified atom stereocenters. The molecule has 0 bridgehead atoms. The average molecular weight is 260 g/mol. The molecule has 1 aromatic rings. The minimum Gasteiger partial charge on any atom is -0.342 e.